The summed E-state index contributed by atoms with van der Waals surface area (Å²) in [5, 5.41) is 1.76. The Bertz CT molecular complexity index is 928. The number of aromatic nitrogens is 2. The zero-order valence-electron chi connectivity index (χ0n) is 13.7. The molecule has 5 heteroatoms. The first-order chi connectivity index (χ1) is 11.8. The van der Waals surface area contributed by atoms with E-state index in [0.717, 1.165) is 40.4 Å². The zero-order valence-corrected chi connectivity index (χ0v) is 15.4. The van der Waals surface area contributed by atoms with Crippen LogP contribution in [0.5, 0.6) is 0 Å². The molecule has 0 N–H and O–H groups in total. The van der Waals surface area contributed by atoms with Crippen molar-refractivity contribution in [3.63, 3.8) is 0 Å². The van der Waals surface area contributed by atoms with Gasteiger partial charge in [-0.3, -0.25) is 9.36 Å². The number of fused-ring (bicyclic) bond motifs is 3. The molecule has 0 bridgehead atoms. The molecular weight excluding hydrogens is 336 g/mol. The molecule has 0 amide bonds. The number of benzene rings is 1. The molecule has 3 nitrogen and oxygen atoms in total. The van der Waals surface area contributed by atoms with Gasteiger partial charge in [0.25, 0.3) is 5.56 Å². The Labute approximate surface area is 149 Å². The van der Waals surface area contributed by atoms with Gasteiger partial charge in [0.05, 0.1) is 5.39 Å². The minimum Gasteiger partial charge on any atom is -0.287 e. The minimum absolute atomic E-state index is 0.159. The van der Waals surface area contributed by atoms with Crippen LogP contribution in [0.1, 0.15) is 29.3 Å². The van der Waals surface area contributed by atoms with Crippen molar-refractivity contribution in [3.05, 3.63) is 56.7 Å². The Kier molecular flexibility index (Phi) is 4.46. The molecular formula is C19H20N2OS2. The molecule has 0 radical (unpaired) electrons. The van der Waals surface area contributed by atoms with Crippen molar-refractivity contribution in [2.24, 2.45) is 0 Å². The van der Waals surface area contributed by atoms with Gasteiger partial charge in [0.2, 0.25) is 0 Å². The Hall–Kier alpha value is -1.59. The van der Waals surface area contributed by atoms with Crippen LogP contribution in [0.4, 0.5) is 0 Å². The van der Waals surface area contributed by atoms with Crippen molar-refractivity contribution in [3.8, 4) is 0 Å². The van der Waals surface area contributed by atoms with E-state index >= 15 is 0 Å². The molecule has 4 rings (SSSR count). The minimum atomic E-state index is 0.159. The Morgan fingerprint density at radius 1 is 1.25 bits per heavy atom. The van der Waals surface area contributed by atoms with Gasteiger partial charge >= 0.3 is 0 Å². The highest BCUT2D eigenvalue weighted by atomic mass is 32.2. The van der Waals surface area contributed by atoms with Gasteiger partial charge in [-0.1, -0.05) is 49.0 Å². The van der Waals surface area contributed by atoms with Gasteiger partial charge in [-0.25, -0.2) is 4.98 Å². The Balaban J connectivity index is 1.78. The third-order valence-electron chi connectivity index (χ3n) is 4.53. The fourth-order valence-corrected chi connectivity index (χ4v) is 5.43. The first-order valence-corrected chi connectivity index (χ1v) is 10.3. The van der Waals surface area contributed by atoms with Gasteiger partial charge in [0, 0.05) is 11.4 Å². The molecule has 0 saturated carbocycles. The van der Waals surface area contributed by atoms with Crippen molar-refractivity contribution >= 4 is 33.3 Å². The SMILES string of the molecule is CCSc1nc2sc3c(c2c(=O)n1CCc1ccccc1)CCC3. The average molecular weight is 357 g/mol. The van der Waals surface area contributed by atoms with Crippen molar-refractivity contribution in [1.82, 2.24) is 9.55 Å². The summed E-state index contributed by atoms with van der Waals surface area (Å²) in [7, 11) is 0. The second-order valence-corrected chi connectivity index (χ2v) is 8.37. The largest absolute Gasteiger partial charge is 0.287 e. The van der Waals surface area contributed by atoms with Gasteiger partial charge in [-0.15, -0.1) is 11.3 Å². The van der Waals surface area contributed by atoms with Crippen LogP contribution in [-0.4, -0.2) is 15.3 Å². The third-order valence-corrected chi connectivity index (χ3v) is 6.57. The lowest BCUT2D eigenvalue weighted by Gasteiger charge is -2.12. The molecule has 1 aliphatic carbocycles. The van der Waals surface area contributed by atoms with Gasteiger partial charge in [-0.05, 0) is 42.6 Å². The average Bonchev–Trinajstić information content (AvgIpc) is 3.16. The van der Waals surface area contributed by atoms with Gasteiger partial charge < -0.3 is 0 Å². The van der Waals surface area contributed by atoms with E-state index in [4.69, 9.17) is 4.98 Å². The van der Waals surface area contributed by atoms with Crippen molar-refractivity contribution < 1.29 is 0 Å². The zero-order chi connectivity index (χ0) is 16.5. The molecule has 0 fully saturated rings. The van der Waals surface area contributed by atoms with E-state index in [2.05, 4.69) is 19.1 Å². The monoisotopic (exact) mass is 356 g/mol. The number of rotatable bonds is 5. The van der Waals surface area contributed by atoms with Crippen LogP contribution in [0, 0.1) is 0 Å². The third kappa shape index (κ3) is 2.80. The fraction of sp³-hybridized carbons (Fsp3) is 0.368. The highest BCUT2D eigenvalue weighted by Crippen LogP contribution is 2.35. The van der Waals surface area contributed by atoms with Crippen LogP contribution in [0.3, 0.4) is 0 Å². The van der Waals surface area contributed by atoms with Crippen molar-refractivity contribution in [1.29, 1.82) is 0 Å². The van der Waals surface area contributed by atoms with Gasteiger partial charge in [0.1, 0.15) is 4.83 Å². The predicted octanol–water partition coefficient (Wildman–Crippen LogP) is 4.30. The maximum Gasteiger partial charge on any atom is 0.263 e. The van der Waals surface area contributed by atoms with E-state index in [-0.39, 0.29) is 5.56 Å². The molecule has 0 atom stereocenters. The predicted molar refractivity (Wildman–Crippen MR) is 102 cm³/mol. The second-order valence-electron chi connectivity index (χ2n) is 6.06. The fourth-order valence-electron chi connectivity index (χ4n) is 3.38. The number of thiophene rings is 1. The summed E-state index contributed by atoms with van der Waals surface area (Å²) in [5.74, 6) is 0.925. The van der Waals surface area contributed by atoms with Crippen LogP contribution in [-0.2, 0) is 25.8 Å². The molecule has 1 aliphatic rings. The van der Waals surface area contributed by atoms with E-state index in [1.54, 1.807) is 23.1 Å². The van der Waals surface area contributed by atoms with E-state index < -0.39 is 0 Å². The summed E-state index contributed by atoms with van der Waals surface area (Å²) in [5.41, 5.74) is 2.69. The van der Waals surface area contributed by atoms with E-state index in [9.17, 15) is 4.79 Å². The Morgan fingerprint density at radius 2 is 2.08 bits per heavy atom. The highest BCUT2D eigenvalue weighted by Gasteiger charge is 2.23. The standard InChI is InChI=1S/C19H20N2OS2/c1-2-23-19-20-17-16(14-9-6-10-15(14)24-17)18(22)21(19)12-11-13-7-4-3-5-8-13/h3-5,7-8H,2,6,9-12H2,1H3. The molecule has 0 aliphatic heterocycles. The summed E-state index contributed by atoms with van der Waals surface area (Å²) in [4.78, 5) is 20.3. The maximum atomic E-state index is 13.2. The van der Waals surface area contributed by atoms with E-state index in [0.29, 0.717) is 6.54 Å². The molecule has 1 aromatic carbocycles. The first-order valence-electron chi connectivity index (χ1n) is 8.49. The summed E-state index contributed by atoms with van der Waals surface area (Å²) in [6.45, 7) is 2.80. The van der Waals surface area contributed by atoms with E-state index in [1.807, 2.05) is 22.8 Å². The number of aryl methyl sites for hydroxylation is 3. The number of nitrogens with zero attached hydrogens (tertiary/aromatic N) is 2. The Morgan fingerprint density at radius 3 is 2.88 bits per heavy atom. The topological polar surface area (TPSA) is 34.9 Å². The van der Waals surface area contributed by atoms with Crippen LogP contribution in [0.15, 0.2) is 40.3 Å². The van der Waals surface area contributed by atoms with Crippen LogP contribution >= 0.6 is 23.1 Å². The van der Waals surface area contributed by atoms with Crippen LogP contribution < -0.4 is 5.56 Å². The lowest BCUT2D eigenvalue weighted by atomic mass is 10.1. The summed E-state index contributed by atoms with van der Waals surface area (Å²) in [6.07, 6.45) is 4.17. The number of hydrogen-bond acceptors (Lipinski definition) is 4. The first kappa shape index (κ1) is 15.9. The summed E-state index contributed by atoms with van der Waals surface area (Å²) >= 11 is 3.39. The van der Waals surface area contributed by atoms with Crippen LogP contribution in [0.25, 0.3) is 10.2 Å². The second kappa shape index (κ2) is 6.73. The smallest absolute Gasteiger partial charge is 0.263 e. The molecule has 2 heterocycles. The van der Waals surface area contributed by atoms with Gasteiger partial charge in [0.15, 0.2) is 5.16 Å². The molecule has 0 spiro atoms. The van der Waals surface area contributed by atoms with Crippen molar-refractivity contribution in [2.45, 2.75) is 44.3 Å². The highest BCUT2D eigenvalue weighted by molar-refractivity contribution is 7.99. The molecule has 0 unspecified atom stereocenters. The molecule has 24 heavy (non-hydrogen) atoms. The number of hydrogen-bond donors (Lipinski definition) is 0. The normalized spacial score (nSPS) is 13.5. The van der Waals surface area contributed by atoms with Crippen molar-refractivity contribution in [2.75, 3.05) is 5.75 Å². The molecule has 124 valence electrons. The maximum absolute atomic E-state index is 13.2. The molecule has 0 saturated heterocycles. The quantitative estimate of drug-likeness (QED) is 0.505. The molecule has 3 aromatic rings. The lowest BCUT2D eigenvalue weighted by Crippen LogP contribution is -2.24. The summed E-state index contributed by atoms with van der Waals surface area (Å²) in [6, 6.07) is 10.4. The lowest BCUT2D eigenvalue weighted by molar-refractivity contribution is 0.596. The van der Waals surface area contributed by atoms with Crippen LogP contribution in [0.2, 0.25) is 0 Å². The number of thioether (sulfide) groups is 1. The summed E-state index contributed by atoms with van der Waals surface area (Å²) < 4.78 is 1.90. The molecule has 2 aromatic heterocycles. The van der Waals surface area contributed by atoms with E-state index in [1.165, 1.54) is 22.4 Å². The van der Waals surface area contributed by atoms with Gasteiger partial charge in [-0.2, -0.15) is 0 Å².